The van der Waals surface area contributed by atoms with E-state index < -0.39 is 17.9 Å². The summed E-state index contributed by atoms with van der Waals surface area (Å²) in [5, 5.41) is 31.3. The number of carboxylic acid groups (broad SMARTS) is 3. The number of carboxylic acids is 3. The first-order valence-corrected chi connectivity index (χ1v) is 9.16. The summed E-state index contributed by atoms with van der Waals surface area (Å²) in [7, 11) is 0. The van der Waals surface area contributed by atoms with Crippen LogP contribution >= 0.6 is 34.8 Å². The summed E-state index contributed by atoms with van der Waals surface area (Å²) in [5.41, 5.74) is 0.0949. The van der Waals surface area contributed by atoms with Gasteiger partial charge in [0.15, 0.2) is 0 Å². The Balaban J connectivity index is 0.000000429. The van der Waals surface area contributed by atoms with Crippen molar-refractivity contribution in [3.63, 3.8) is 0 Å². The van der Waals surface area contributed by atoms with Crippen molar-refractivity contribution in [1.82, 2.24) is 0 Å². The van der Waals surface area contributed by atoms with Gasteiger partial charge in [-0.05, 0) is 18.2 Å². The quantitative estimate of drug-likeness (QED) is 0.471. The maximum atomic E-state index is 10.2. The minimum Gasteiger partial charge on any atom is -0.545 e. The van der Waals surface area contributed by atoms with Gasteiger partial charge in [0.1, 0.15) is 0 Å². The Bertz CT molecular complexity index is 911. The minimum absolute atomic E-state index is 0. The molecular formula is C21H12Cl3GaO6. The average Bonchev–Trinajstić information content (AvgIpc) is 2.69. The molecule has 3 aromatic carbocycles. The molecule has 0 N–H and O–H groups in total. The van der Waals surface area contributed by atoms with Gasteiger partial charge >= 0.3 is 19.8 Å². The molecule has 0 aliphatic carbocycles. The summed E-state index contributed by atoms with van der Waals surface area (Å²) in [5.74, 6) is -3.73. The molecule has 0 aliphatic heterocycles. The van der Waals surface area contributed by atoms with Crippen LogP contribution < -0.4 is 15.3 Å². The smallest absolute Gasteiger partial charge is 0.545 e. The molecule has 3 aromatic rings. The van der Waals surface area contributed by atoms with Gasteiger partial charge in [-0.25, -0.2) is 0 Å². The van der Waals surface area contributed by atoms with Crippen LogP contribution in [0.5, 0.6) is 0 Å². The van der Waals surface area contributed by atoms with Crippen LogP contribution in [0.2, 0.25) is 15.1 Å². The van der Waals surface area contributed by atoms with Crippen LogP contribution in [0.3, 0.4) is 0 Å². The molecule has 6 nitrogen and oxygen atoms in total. The standard InChI is InChI=1S/3C7H5ClO2.Ga/c3*8-6-4-2-1-3-5(6)7(9)10;/h3*1-4H,(H,9,10);/q;;;+3/p-3. The first-order valence-electron chi connectivity index (χ1n) is 8.02. The van der Waals surface area contributed by atoms with Crippen LogP contribution in [0, 0.1) is 0 Å². The predicted octanol–water partition coefficient (Wildman–Crippen LogP) is 1.73. The van der Waals surface area contributed by atoms with E-state index >= 15 is 0 Å². The third-order valence-corrected chi connectivity index (χ3v) is 4.27. The zero-order chi connectivity index (χ0) is 22.7. The van der Waals surface area contributed by atoms with Crippen LogP contribution in [0.4, 0.5) is 0 Å². The second-order valence-electron chi connectivity index (χ2n) is 5.30. The van der Waals surface area contributed by atoms with E-state index in [0.29, 0.717) is 0 Å². The van der Waals surface area contributed by atoms with E-state index in [1.807, 2.05) is 0 Å². The number of aromatic carboxylic acids is 3. The third-order valence-electron chi connectivity index (χ3n) is 3.28. The fourth-order valence-electron chi connectivity index (χ4n) is 1.88. The number of halogens is 3. The first kappa shape index (κ1) is 28.6. The van der Waals surface area contributed by atoms with Crippen molar-refractivity contribution in [3.8, 4) is 0 Å². The molecule has 0 fully saturated rings. The molecule has 31 heavy (non-hydrogen) atoms. The van der Waals surface area contributed by atoms with Gasteiger partial charge in [-0.15, -0.1) is 0 Å². The Kier molecular flexibility index (Phi) is 13.4. The first-order chi connectivity index (χ1) is 14.1. The molecule has 0 radical (unpaired) electrons. The summed E-state index contributed by atoms with van der Waals surface area (Å²) in [4.78, 5) is 30.7. The fourth-order valence-corrected chi connectivity index (χ4v) is 2.52. The molecule has 156 valence electrons. The van der Waals surface area contributed by atoms with Crippen LogP contribution in [0.1, 0.15) is 31.1 Å². The number of carbonyl (C=O) groups is 3. The zero-order valence-corrected chi connectivity index (χ0v) is 20.3. The minimum atomic E-state index is -1.24. The van der Waals surface area contributed by atoms with Crippen molar-refractivity contribution in [2.75, 3.05) is 0 Å². The second-order valence-corrected chi connectivity index (χ2v) is 6.52. The SMILES string of the molecule is O=C([O-])c1ccccc1Cl.O=C([O-])c1ccccc1Cl.O=C([O-])c1ccccc1Cl.[Ga+3]. The molecule has 0 bridgehead atoms. The molecule has 0 unspecified atom stereocenters. The van der Waals surface area contributed by atoms with E-state index in [2.05, 4.69) is 0 Å². The van der Waals surface area contributed by atoms with E-state index in [-0.39, 0.29) is 51.5 Å². The topological polar surface area (TPSA) is 120 Å². The third kappa shape index (κ3) is 9.95. The molecule has 0 amide bonds. The normalized spacial score (nSPS) is 9.00. The van der Waals surface area contributed by atoms with Crippen LogP contribution in [-0.4, -0.2) is 37.7 Å². The van der Waals surface area contributed by atoms with Crippen molar-refractivity contribution < 1.29 is 29.7 Å². The summed E-state index contributed by atoms with van der Waals surface area (Å²) in [6.45, 7) is 0. The Labute approximate surface area is 206 Å². The molecule has 0 spiro atoms. The molecule has 0 heterocycles. The average molecular weight is 536 g/mol. The van der Waals surface area contributed by atoms with E-state index in [0.717, 1.165) is 0 Å². The Hall–Kier alpha value is -2.42. The summed E-state index contributed by atoms with van der Waals surface area (Å²) in [6, 6.07) is 18.5. The van der Waals surface area contributed by atoms with E-state index in [4.69, 9.17) is 34.8 Å². The van der Waals surface area contributed by atoms with Crippen molar-refractivity contribution in [2.45, 2.75) is 0 Å². The number of hydrogen-bond donors (Lipinski definition) is 0. The van der Waals surface area contributed by atoms with E-state index in [1.165, 1.54) is 36.4 Å². The Morgan fingerprint density at radius 3 is 0.806 bits per heavy atom. The van der Waals surface area contributed by atoms with Gasteiger partial charge in [-0.3, -0.25) is 0 Å². The summed E-state index contributed by atoms with van der Waals surface area (Å²) < 4.78 is 0. The van der Waals surface area contributed by atoms with Crippen LogP contribution in [0.25, 0.3) is 0 Å². The molecular weight excluding hydrogens is 524 g/mol. The van der Waals surface area contributed by atoms with Crippen LogP contribution in [0.15, 0.2) is 72.8 Å². The Morgan fingerprint density at radius 1 is 0.484 bits per heavy atom. The van der Waals surface area contributed by atoms with Crippen molar-refractivity contribution in [2.24, 2.45) is 0 Å². The largest absolute Gasteiger partial charge is 3.00 e. The van der Waals surface area contributed by atoms with Crippen molar-refractivity contribution in [3.05, 3.63) is 105 Å². The van der Waals surface area contributed by atoms with Gasteiger partial charge < -0.3 is 29.7 Å². The molecule has 0 atom stereocenters. The summed E-state index contributed by atoms with van der Waals surface area (Å²) in [6.07, 6.45) is 0. The number of carbonyl (C=O) groups excluding carboxylic acids is 3. The van der Waals surface area contributed by atoms with Gasteiger partial charge in [-0.1, -0.05) is 89.4 Å². The van der Waals surface area contributed by atoms with E-state index in [9.17, 15) is 29.7 Å². The molecule has 0 saturated heterocycles. The van der Waals surface area contributed by atoms with Gasteiger partial charge in [-0.2, -0.15) is 0 Å². The summed E-state index contributed by atoms with van der Waals surface area (Å²) >= 11 is 16.5. The predicted molar refractivity (Wildman–Crippen MR) is 113 cm³/mol. The monoisotopic (exact) mass is 534 g/mol. The molecule has 3 rings (SSSR count). The number of rotatable bonds is 3. The van der Waals surface area contributed by atoms with Gasteiger partial charge in [0.25, 0.3) is 0 Å². The number of benzene rings is 3. The second kappa shape index (κ2) is 14.6. The van der Waals surface area contributed by atoms with Crippen molar-refractivity contribution >= 4 is 72.5 Å². The zero-order valence-electron chi connectivity index (χ0n) is 15.6. The fraction of sp³-hybridized carbons (Fsp3) is 0. The molecule has 0 aliphatic rings. The van der Waals surface area contributed by atoms with E-state index in [1.54, 1.807) is 36.4 Å². The number of hydrogen-bond acceptors (Lipinski definition) is 6. The van der Waals surface area contributed by atoms with Gasteiger partial charge in [0.2, 0.25) is 0 Å². The maximum Gasteiger partial charge on any atom is 3.00 e. The molecule has 0 saturated carbocycles. The molecule has 10 heteroatoms. The van der Waals surface area contributed by atoms with Gasteiger partial charge in [0.05, 0.1) is 17.9 Å². The van der Waals surface area contributed by atoms with Crippen molar-refractivity contribution in [1.29, 1.82) is 0 Å². The Morgan fingerprint density at radius 2 is 0.677 bits per heavy atom. The van der Waals surface area contributed by atoms with Crippen LogP contribution in [-0.2, 0) is 0 Å². The maximum absolute atomic E-state index is 10.2. The molecule has 0 aromatic heterocycles. The van der Waals surface area contributed by atoms with Gasteiger partial charge in [0, 0.05) is 31.8 Å².